The molecule has 0 fully saturated rings. The molecule has 1 atom stereocenters. The second kappa shape index (κ2) is 64.3. The second-order valence-corrected chi connectivity index (χ2v) is 20.9. The molecule has 0 aromatic heterocycles. The van der Waals surface area contributed by atoms with Gasteiger partial charge in [0.1, 0.15) is 13.2 Å². The van der Waals surface area contributed by atoms with Gasteiger partial charge in [0.2, 0.25) is 0 Å². The molecule has 0 amide bonds. The van der Waals surface area contributed by atoms with Crippen LogP contribution in [0.25, 0.3) is 0 Å². The quantitative estimate of drug-likeness (QED) is 0.0261. The average Bonchev–Trinajstić information content (AvgIpc) is 3.43. The van der Waals surface area contributed by atoms with E-state index in [9.17, 15) is 14.4 Å². The van der Waals surface area contributed by atoms with Gasteiger partial charge in [-0.25, -0.2) is 0 Å². The first-order valence-corrected chi connectivity index (χ1v) is 32.0. The molecule has 0 N–H and O–H groups in total. The van der Waals surface area contributed by atoms with Gasteiger partial charge < -0.3 is 14.2 Å². The lowest BCUT2D eigenvalue weighted by Gasteiger charge is -2.18. The van der Waals surface area contributed by atoms with E-state index in [-0.39, 0.29) is 31.1 Å². The standard InChI is InChI=1S/C71H118O6/c1-4-7-10-13-16-19-22-25-27-29-31-32-33-34-35-36-37-38-40-41-43-46-49-52-55-58-61-64-70(73)76-67-68(66-75-69(72)63-60-57-54-51-48-45-24-21-18-15-12-9-6-3)77-71(74)65-62-59-56-53-50-47-44-42-39-30-28-26-23-20-17-14-11-8-5-2/h7,10,16-17,19-20,25-28,31-32,34-35,37-39,41-43,68H,4-6,8-9,11-15,18,21-24,29-30,33,36,40,44-67H2,1-3H3/b10-7-,19-16-,20-17-,27-25-,28-26-,32-31-,35-34-,38-37-,42-39-,43-41-. The Balaban J connectivity index is 4.41. The number of carbonyl (C=O) groups is 3. The van der Waals surface area contributed by atoms with Gasteiger partial charge in [-0.2, -0.15) is 0 Å². The van der Waals surface area contributed by atoms with Crippen LogP contribution in [0, 0.1) is 0 Å². The van der Waals surface area contributed by atoms with E-state index in [4.69, 9.17) is 14.2 Å². The summed E-state index contributed by atoms with van der Waals surface area (Å²) in [5.41, 5.74) is 0. The summed E-state index contributed by atoms with van der Waals surface area (Å²) in [4.78, 5) is 38.3. The molecular weight excluding hydrogens is 949 g/mol. The van der Waals surface area contributed by atoms with Crippen molar-refractivity contribution >= 4 is 17.9 Å². The summed E-state index contributed by atoms with van der Waals surface area (Å²) in [5.74, 6) is -0.917. The molecule has 0 heterocycles. The summed E-state index contributed by atoms with van der Waals surface area (Å²) in [6.07, 6.45) is 89.1. The van der Waals surface area contributed by atoms with Crippen molar-refractivity contribution < 1.29 is 28.6 Å². The third kappa shape index (κ3) is 62.5. The van der Waals surface area contributed by atoms with Gasteiger partial charge >= 0.3 is 17.9 Å². The van der Waals surface area contributed by atoms with Crippen molar-refractivity contribution in [1.82, 2.24) is 0 Å². The van der Waals surface area contributed by atoms with Gasteiger partial charge in [0, 0.05) is 19.3 Å². The zero-order valence-electron chi connectivity index (χ0n) is 50.2. The van der Waals surface area contributed by atoms with E-state index in [1.165, 1.54) is 103 Å². The van der Waals surface area contributed by atoms with Crippen LogP contribution in [-0.4, -0.2) is 37.2 Å². The van der Waals surface area contributed by atoms with Gasteiger partial charge in [0.25, 0.3) is 0 Å². The third-order valence-corrected chi connectivity index (χ3v) is 13.5. The van der Waals surface area contributed by atoms with Crippen molar-refractivity contribution in [2.75, 3.05) is 13.2 Å². The molecule has 0 aromatic carbocycles. The monoisotopic (exact) mass is 1070 g/mol. The molecule has 0 aliphatic carbocycles. The van der Waals surface area contributed by atoms with Crippen LogP contribution in [0.5, 0.6) is 0 Å². The minimum Gasteiger partial charge on any atom is -0.462 e. The number of ether oxygens (including phenoxy) is 3. The predicted octanol–water partition coefficient (Wildman–Crippen LogP) is 22.0. The van der Waals surface area contributed by atoms with E-state index in [0.29, 0.717) is 19.3 Å². The molecule has 77 heavy (non-hydrogen) atoms. The largest absolute Gasteiger partial charge is 0.462 e. The van der Waals surface area contributed by atoms with E-state index in [0.717, 1.165) is 148 Å². The highest BCUT2D eigenvalue weighted by atomic mass is 16.6. The molecule has 0 aromatic rings. The lowest BCUT2D eigenvalue weighted by molar-refractivity contribution is -0.167. The summed E-state index contributed by atoms with van der Waals surface area (Å²) in [5, 5.41) is 0. The minimum absolute atomic E-state index is 0.0899. The zero-order valence-corrected chi connectivity index (χ0v) is 50.2. The van der Waals surface area contributed by atoms with E-state index in [1.54, 1.807) is 0 Å². The molecule has 1 unspecified atom stereocenters. The highest BCUT2D eigenvalue weighted by Gasteiger charge is 2.19. The van der Waals surface area contributed by atoms with Crippen LogP contribution in [0.15, 0.2) is 122 Å². The first-order valence-electron chi connectivity index (χ1n) is 32.0. The molecule has 6 nitrogen and oxygen atoms in total. The Hall–Kier alpha value is -4.19. The Morgan fingerprint density at radius 3 is 0.818 bits per heavy atom. The SMILES string of the molecule is CC/C=C\C/C=C\C/C=C\C/C=C\C/C=C\C/C=C\C/C=C\CCCCCCCC(=O)OCC(COC(=O)CCCCCCCCCCCCCCC)OC(=O)CCCCCCCC/C=C\C/C=C\C/C=C\CCCCC. The molecular formula is C71H118O6. The number of allylic oxidation sites excluding steroid dienone is 20. The van der Waals surface area contributed by atoms with Crippen LogP contribution in [0.3, 0.4) is 0 Å². The van der Waals surface area contributed by atoms with Crippen molar-refractivity contribution in [2.45, 2.75) is 297 Å². The van der Waals surface area contributed by atoms with Crippen LogP contribution >= 0.6 is 0 Å². The molecule has 0 aliphatic rings. The first kappa shape index (κ1) is 72.8. The van der Waals surface area contributed by atoms with E-state index in [1.807, 2.05) is 0 Å². The Bertz CT molecular complexity index is 1600. The average molecular weight is 1070 g/mol. The van der Waals surface area contributed by atoms with Gasteiger partial charge in [0.05, 0.1) is 0 Å². The molecule has 0 saturated carbocycles. The minimum atomic E-state index is -0.796. The van der Waals surface area contributed by atoms with Crippen LogP contribution in [0.1, 0.15) is 290 Å². The molecule has 0 rings (SSSR count). The number of hydrogen-bond acceptors (Lipinski definition) is 6. The predicted molar refractivity (Wildman–Crippen MR) is 334 cm³/mol. The van der Waals surface area contributed by atoms with Crippen molar-refractivity contribution in [2.24, 2.45) is 0 Å². The fourth-order valence-corrected chi connectivity index (χ4v) is 8.67. The van der Waals surface area contributed by atoms with E-state index < -0.39 is 6.10 Å². The second-order valence-electron chi connectivity index (χ2n) is 20.9. The normalized spacial score (nSPS) is 12.9. The summed E-state index contributed by atoms with van der Waals surface area (Å²) in [7, 11) is 0. The zero-order chi connectivity index (χ0) is 55.7. The number of hydrogen-bond donors (Lipinski definition) is 0. The molecule has 6 heteroatoms. The maximum absolute atomic E-state index is 12.9. The highest BCUT2D eigenvalue weighted by molar-refractivity contribution is 5.71. The highest BCUT2D eigenvalue weighted by Crippen LogP contribution is 2.15. The fraction of sp³-hybridized carbons (Fsp3) is 0.676. The molecule has 0 radical (unpaired) electrons. The van der Waals surface area contributed by atoms with Crippen molar-refractivity contribution in [3.05, 3.63) is 122 Å². The van der Waals surface area contributed by atoms with Crippen LogP contribution in [-0.2, 0) is 28.6 Å². The topological polar surface area (TPSA) is 78.9 Å². The number of carbonyl (C=O) groups excluding carboxylic acids is 3. The lowest BCUT2D eigenvalue weighted by Crippen LogP contribution is -2.30. The van der Waals surface area contributed by atoms with Crippen molar-refractivity contribution in [1.29, 1.82) is 0 Å². The van der Waals surface area contributed by atoms with Gasteiger partial charge in [-0.05, 0) is 116 Å². The number of rotatable bonds is 57. The molecule has 0 saturated heterocycles. The van der Waals surface area contributed by atoms with Crippen LogP contribution < -0.4 is 0 Å². The fourth-order valence-electron chi connectivity index (χ4n) is 8.67. The maximum atomic E-state index is 12.9. The Labute approximate surface area is 475 Å². The maximum Gasteiger partial charge on any atom is 0.306 e. The summed E-state index contributed by atoms with van der Waals surface area (Å²) in [6, 6.07) is 0. The Morgan fingerprint density at radius 2 is 0.506 bits per heavy atom. The van der Waals surface area contributed by atoms with Gasteiger partial charge in [-0.1, -0.05) is 277 Å². The molecule has 0 bridgehead atoms. The summed E-state index contributed by atoms with van der Waals surface area (Å²) >= 11 is 0. The van der Waals surface area contributed by atoms with Crippen molar-refractivity contribution in [3.8, 4) is 0 Å². The number of esters is 3. The molecule has 0 aliphatic heterocycles. The van der Waals surface area contributed by atoms with E-state index >= 15 is 0 Å². The van der Waals surface area contributed by atoms with Crippen LogP contribution in [0.4, 0.5) is 0 Å². The lowest BCUT2D eigenvalue weighted by atomic mass is 10.0. The first-order chi connectivity index (χ1) is 38.0. The summed E-state index contributed by atoms with van der Waals surface area (Å²) in [6.45, 7) is 6.48. The molecule has 438 valence electrons. The van der Waals surface area contributed by atoms with Gasteiger partial charge in [0.15, 0.2) is 6.10 Å². The number of unbranched alkanes of at least 4 members (excludes halogenated alkanes) is 26. The summed E-state index contributed by atoms with van der Waals surface area (Å²) < 4.78 is 16.9. The third-order valence-electron chi connectivity index (χ3n) is 13.5. The molecule has 0 spiro atoms. The van der Waals surface area contributed by atoms with Crippen LogP contribution in [0.2, 0.25) is 0 Å². The van der Waals surface area contributed by atoms with E-state index in [2.05, 4.69) is 142 Å². The van der Waals surface area contributed by atoms with Gasteiger partial charge in [-0.15, -0.1) is 0 Å². The Kier molecular flexibility index (Phi) is 60.8. The Morgan fingerprint density at radius 1 is 0.273 bits per heavy atom. The van der Waals surface area contributed by atoms with Crippen molar-refractivity contribution in [3.63, 3.8) is 0 Å². The smallest absolute Gasteiger partial charge is 0.306 e. The van der Waals surface area contributed by atoms with Gasteiger partial charge in [-0.3, -0.25) is 14.4 Å².